The zero-order valence-corrected chi connectivity index (χ0v) is 13.6. The number of aryl methyl sites for hydroxylation is 1. The molecule has 0 radical (unpaired) electrons. The number of benzene rings is 1. The standard InChI is InChI=1S/C17H24N2O.ClH/c1-11-5-3-4-6-14(11)15-8-16(15)17(20)19-10-13(9-18)7-12(19)2;/h3-6,12-13,15-16H,7-10,18H2,1-2H3;1H. The molecule has 2 aliphatic rings. The topological polar surface area (TPSA) is 46.3 Å². The highest BCUT2D eigenvalue weighted by atomic mass is 35.5. The Morgan fingerprint density at radius 2 is 2.05 bits per heavy atom. The van der Waals surface area contributed by atoms with Gasteiger partial charge >= 0.3 is 0 Å². The summed E-state index contributed by atoms with van der Waals surface area (Å²) >= 11 is 0. The second kappa shape index (κ2) is 6.37. The molecular formula is C17H25ClN2O. The quantitative estimate of drug-likeness (QED) is 0.933. The van der Waals surface area contributed by atoms with Gasteiger partial charge in [0.2, 0.25) is 5.91 Å². The summed E-state index contributed by atoms with van der Waals surface area (Å²) in [6, 6.07) is 8.80. The average Bonchev–Trinajstić information content (AvgIpc) is 3.14. The minimum Gasteiger partial charge on any atom is -0.339 e. The normalized spacial score (nSPS) is 30.9. The van der Waals surface area contributed by atoms with Crippen LogP contribution < -0.4 is 5.73 Å². The number of nitrogens with two attached hydrogens (primary N) is 1. The van der Waals surface area contributed by atoms with Crippen LogP contribution in [0.5, 0.6) is 0 Å². The number of hydrogen-bond donors (Lipinski definition) is 1. The van der Waals surface area contributed by atoms with E-state index >= 15 is 0 Å². The van der Waals surface area contributed by atoms with Crippen molar-refractivity contribution >= 4 is 18.3 Å². The van der Waals surface area contributed by atoms with Crippen molar-refractivity contribution in [3.8, 4) is 0 Å². The van der Waals surface area contributed by atoms with Crippen molar-refractivity contribution < 1.29 is 4.79 Å². The van der Waals surface area contributed by atoms with Crippen LogP contribution in [0.2, 0.25) is 0 Å². The molecule has 0 aromatic heterocycles. The summed E-state index contributed by atoms with van der Waals surface area (Å²) in [4.78, 5) is 14.7. The van der Waals surface area contributed by atoms with Crippen molar-refractivity contribution in [3.05, 3.63) is 35.4 Å². The molecule has 21 heavy (non-hydrogen) atoms. The Morgan fingerprint density at radius 3 is 2.67 bits per heavy atom. The number of hydrogen-bond acceptors (Lipinski definition) is 2. The maximum absolute atomic E-state index is 12.7. The van der Waals surface area contributed by atoms with Crippen molar-refractivity contribution in [3.63, 3.8) is 0 Å². The Kier molecular flexibility index (Phi) is 4.95. The smallest absolute Gasteiger partial charge is 0.226 e. The summed E-state index contributed by atoms with van der Waals surface area (Å²) in [6.45, 7) is 5.84. The highest BCUT2D eigenvalue weighted by Crippen LogP contribution is 2.50. The molecule has 4 unspecified atom stereocenters. The van der Waals surface area contributed by atoms with Gasteiger partial charge < -0.3 is 10.6 Å². The lowest BCUT2D eigenvalue weighted by atomic mass is 10.0. The number of carbonyl (C=O) groups is 1. The van der Waals surface area contributed by atoms with Gasteiger partial charge in [0.25, 0.3) is 0 Å². The van der Waals surface area contributed by atoms with Crippen molar-refractivity contribution in [2.45, 2.75) is 38.6 Å². The average molecular weight is 309 g/mol. The van der Waals surface area contributed by atoms with E-state index in [0.717, 1.165) is 19.4 Å². The molecule has 4 heteroatoms. The third-order valence-corrected chi connectivity index (χ3v) is 4.97. The third-order valence-electron chi connectivity index (χ3n) is 4.97. The maximum atomic E-state index is 12.7. The Labute approximate surface area is 133 Å². The highest BCUT2D eigenvalue weighted by molar-refractivity contribution is 5.85. The molecule has 1 aliphatic carbocycles. The second-order valence-corrected chi connectivity index (χ2v) is 6.48. The van der Waals surface area contributed by atoms with Gasteiger partial charge in [0.1, 0.15) is 0 Å². The van der Waals surface area contributed by atoms with Crippen LogP contribution in [0, 0.1) is 18.8 Å². The summed E-state index contributed by atoms with van der Waals surface area (Å²) in [5, 5.41) is 0. The van der Waals surface area contributed by atoms with Crippen LogP contribution in [0.25, 0.3) is 0 Å². The van der Waals surface area contributed by atoms with Crippen molar-refractivity contribution in [1.29, 1.82) is 0 Å². The predicted octanol–water partition coefficient (Wildman–Crippen LogP) is 2.72. The predicted molar refractivity (Wildman–Crippen MR) is 87.6 cm³/mol. The van der Waals surface area contributed by atoms with Gasteiger partial charge in [0, 0.05) is 18.5 Å². The fourth-order valence-electron chi connectivity index (χ4n) is 3.65. The number of carbonyl (C=O) groups excluding carboxylic acids is 1. The number of nitrogens with zero attached hydrogens (tertiary/aromatic N) is 1. The minimum absolute atomic E-state index is 0. The lowest BCUT2D eigenvalue weighted by molar-refractivity contribution is -0.133. The van der Waals surface area contributed by atoms with Crippen LogP contribution in [-0.2, 0) is 4.79 Å². The SMILES string of the molecule is Cc1ccccc1C1CC1C(=O)N1CC(CN)CC1C.Cl. The van der Waals surface area contributed by atoms with E-state index in [1.54, 1.807) is 0 Å². The van der Waals surface area contributed by atoms with Gasteiger partial charge in [-0.25, -0.2) is 0 Å². The van der Waals surface area contributed by atoms with Gasteiger partial charge in [-0.2, -0.15) is 0 Å². The zero-order valence-electron chi connectivity index (χ0n) is 12.8. The number of halogens is 1. The molecule has 0 spiro atoms. The lowest BCUT2D eigenvalue weighted by Gasteiger charge is -2.22. The molecule has 116 valence electrons. The summed E-state index contributed by atoms with van der Waals surface area (Å²) in [5.74, 6) is 1.48. The first-order valence-electron chi connectivity index (χ1n) is 7.68. The minimum atomic E-state index is 0. The number of amides is 1. The van der Waals surface area contributed by atoms with Gasteiger partial charge in [-0.15, -0.1) is 12.4 Å². The van der Waals surface area contributed by atoms with Gasteiger partial charge in [-0.3, -0.25) is 4.79 Å². The monoisotopic (exact) mass is 308 g/mol. The third kappa shape index (κ3) is 3.09. The molecule has 3 nitrogen and oxygen atoms in total. The Bertz CT molecular complexity index is 519. The summed E-state index contributed by atoms with van der Waals surface area (Å²) in [7, 11) is 0. The van der Waals surface area contributed by atoms with E-state index in [4.69, 9.17) is 5.73 Å². The molecule has 2 N–H and O–H groups in total. The molecule has 4 atom stereocenters. The molecule has 1 aromatic carbocycles. The first-order chi connectivity index (χ1) is 9.61. The molecule has 1 saturated heterocycles. The van der Waals surface area contributed by atoms with Crippen LogP contribution in [0.1, 0.15) is 36.8 Å². The molecule has 1 heterocycles. The fraction of sp³-hybridized carbons (Fsp3) is 0.588. The molecule has 1 saturated carbocycles. The molecule has 1 amide bonds. The van der Waals surface area contributed by atoms with E-state index < -0.39 is 0 Å². The van der Waals surface area contributed by atoms with E-state index in [0.29, 0.717) is 30.3 Å². The van der Waals surface area contributed by atoms with Gasteiger partial charge in [0.15, 0.2) is 0 Å². The first kappa shape index (κ1) is 16.3. The van der Waals surface area contributed by atoms with E-state index in [-0.39, 0.29) is 18.3 Å². The molecule has 1 aliphatic heterocycles. The molecule has 2 fully saturated rings. The summed E-state index contributed by atoms with van der Waals surface area (Å²) in [6.07, 6.45) is 2.07. The largest absolute Gasteiger partial charge is 0.339 e. The van der Waals surface area contributed by atoms with Gasteiger partial charge in [-0.1, -0.05) is 24.3 Å². The van der Waals surface area contributed by atoms with Crippen LogP contribution in [-0.4, -0.2) is 29.9 Å². The van der Waals surface area contributed by atoms with E-state index in [1.807, 2.05) is 0 Å². The fourth-order valence-corrected chi connectivity index (χ4v) is 3.65. The Balaban J connectivity index is 0.00000161. The second-order valence-electron chi connectivity index (χ2n) is 6.48. The highest BCUT2D eigenvalue weighted by Gasteiger charge is 2.48. The lowest BCUT2D eigenvalue weighted by Crippen LogP contribution is -2.35. The summed E-state index contributed by atoms with van der Waals surface area (Å²) in [5.41, 5.74) is 8.41. The van der Waals surface area contributed by atoms with Gasteiger partial charge in [-0.05, 0) is 56.2 Å². The van der Waals surface area contributed by atoms with Gasteiger partial charge in [0.05, 0.1) is 0 Å². The molecule has 3 rings (SSSR count). The zero-order chi connectivity index (χ0) is 14.3. The van der Waals surface area contributed by atoms with Crippen molar-refractivity contribution in [2.75, 3.05) is 13.1 Å². The Morgan fingerprint density at radius 1 is 1.33 bits per heavy atom. The van der Waals surface area contributed by atoms with Crippen molar-refractivity contribution in [2.24, 2.45) is 17.6 Å². The van der Waals surface area contributed by atoms with E-state index in [2.05, 4.69) is 43.0 Å². The van der Waals surface area contributed by atoms with Crippen LogP contribution in [0.3, 0.4) is 0 Å². The van der Waals surface area contributed by atoms with Crippen molar-refractivity contribution in [1.82, 2.24) is 4.90 Å². The molecule has 0 bridgehead atoms. The Hall–Kier alpha value is -1.06. The molecule has 1 aromatic rings. The number of likely N-dealkylation sites (tertiary alicyclic amines) is 1. The van der Waals surface area contributed by atoms with E-state index in [1.165, 1.54) is 11.1 Å². The molecular weight excluding hydrogens is 284 g/mol. The van der Waals surface area contributed by atoms with Crippen LogP contribution in [0.4, 0.5) is 0 Å². The maximum Gasteiger partial charge on any atom is 0.226 e. The first-order valence-corrected chi connectivity index (χ1v) is 7.68. The van der Waals surface area contributed by atoms with Crippen LogP contribution in [0.15, 0.2) is 24.3 Å². The van der Waals surface area contributed by atoms with Crippen LogP contribution >= 0.6 is 12.4 Å². The van der Waals surface area contributed by atoms with E-state index in [9.17, 15) is 4.79 Å². The summed E-state index contributed by atoms with van der Waals surface area (Å²) < 4.78 is 0. The number of rotatable bonds is 3.